The number of aromatic nitrogens is 1. The van der Waals surface area contributed by atoms with Crippen LogP contribution < -0.4 is 5.32 Å². The first-order valence-electron chi connectivity index (χ1n) is 8.14. The molecular formula is C19H19FN2O3S. The number of H-pyrrole nitrogens is 1. The first kappa shape index (κ1) is 18.1. The number of carbonyl (C=O) groups excluding carboxylic acids is 2. The van der Waals surface area contributed by atoms with Gasteiger partial charge in [-0.25, -0.2) is 4.39 Å². The van der Waals surface area contributed by atoms with Gasteiger partial charge in [0.05, 0.1) is 26.0 Å². The average molecular weight is 374 g/mol. The van der Waals surface area contributed by atoms with Crippen LogP contribution in [0.25, 0.3) is 10.9 Å². The normalized spacial score (nSPS) is 12.1. The molecule has 5 nitrogen and oxygen atoms in total. The number of ether oxygens (including phenoxy) is 1. The van der Waals surface area contributed by atoms with Gasteiger partial charge in [-0.1, -0.05) is 6.07 Å². The van der Waals surface area contributed by atoms with E-state index in [0.717, 1.165) is 21.7 Å². The number of esters is 1. The van der Waals surface area contributed by atoms with Crippen LogP contribution in [0.15, 0.2) is 35.7 Å². The second-order valence-corrected chi connectivity index (χ2v) is 6.99. The molecule has 7 heteroatoms. The molecule has 2 N–H and O–H groups in total. The van der Waals surface area contributed by atoms with E-state index < -0.39 is 12.0 Å². The fraction of sp³-hybridized carbons (Fsp3) is 0.263. The zero-order chi connectivity index (χ0) is 18.7. The van der Waals surface area contributed by atoms with E-state index in [1.807, 2.05) is 24.4 Å². The smallest absolute Gasteiger partial charge is 0.307 e. The molecular weight excluding hydrogens is 355 g/mol. The minimum atomic E-state index is -0.447. The van der Waals surface area contributed by atoms with Gasteiger partial charge in [0.1, 0.15) is 5.82 Å². The number of amides is 1. The summed E-state index contributed by atoms with van der Waals surface area (Å²) in [6, 6.07) is 7.74. The first-order chi connectivity index (χ1) is 12.5. The lowest BCUT2D eigenvalue weighted by Crippen LogP contribution is -2.31. The number of fused-ring (bicyclic) bond motifs is 1. The molecule has 1 aromatic carbocycles. The second-order valence-electron chi connectivity index (χ2n) is 6.01. The predicted octanol–water partition coefficient (Wildman–Crippen LogP) is 3.64. The number of thiophene rings is 1. The Labute approximate surface area is 154 Å². The highest BCUT2D eigenvalue weighted by Gasteiger charge is 2.21. The molecule has 2 heterocycles. The van der Waals surface area contributed by atoms with Crippen molar-refractivity contribution in [3.05, 3.63) is 57.7 Å². The molecule has 0 aliphatic heterocycles. The summed E-state index contributed by atoms with van der Waals surface area (Å²) in [6.45, 7) is 1.85. The van der Waals surface area contributed by atoms with Crippen LogP contribution in [0.2, 0.25) is 0 Å². The standard InChI is InChI=1S/C19H19FN2O3S/c1-11-13(14-8-12(20)5-6-15(14)21-11)9-18(23)22-16(10-19(24)25-2)17-4-3-7-26-17/h3-8,16,21H,9-10H2,1-2H3,(H,22,23). The van der Waals surface area contributed by atoms with Crippen molar-refractivity contribution in [1.29, 1.82) is 0 Å². The number of hydrogen-bond acceptors (Lipinski definition) is 4. The Hall–Kier alpha value is -2.67. The van der Waals surface area contributed by atoms with E-state index in [4.69, 9.17) is 4.74 Å². The van der Waals surface area contributed by atoms with Crippen LogP contribution in [0.4, 0.5) is 4.39 Å². The van der Waals surface area contributed by atoms with Crippen LogP contribution in [0, 0.1) is 12.7 Å². The average Bonchev–Trinajstić information content (AvgIpc) is 3.23. The van der Waals surface area contributed by atoms with Crippen LogP contribution in [-0.4, -0.2) is 24.0 Å². The third kappa shape index (κ3) is 3.94. The van der Waals surface area contributed by atoms with E-state index in [-0.39, 0.29) is 24.6 Å². The molecule has 0 saturated heterocycles. The van der Waals surface area contributed by atoms with E-state index in [9.17, 15) is 14.0 Å². The van der Waals surface area contributed by atoms with Crippen LogP contribution in [-0.2, 0) is 20.7 Å². The van der Waals surface area contributed by atoms with Crippen LogP contribution in [0.3, 0.4) is 0 Å². The molecule has 2 aromatic heterocycles. The maximum Gasteiger partial charge on any atom is 0.307 e. The summed E-state index contributed by atoms with van der Waals surface area (Å²) < 4.78 is 18.3. The van der Waals surface area contributed by atoms with Gasteiger partial charge in [-0.2, -0.15) is 0 Å². The lowest BCUT2D eigenvalue weighted by Gasteiger charge is -2.16. The maximum absolute atomic E-state index is 13.6. The third-order valence-electron chi connectivity index (χ3n) is 4.24. The molecule has 1 unspecified atom stereocenters. The molecule has 0 saturated carbocycles. The van der Waals surface area contributed by atoms with Gasteiger partial charge in [-0.15, -0.1) is 11.3 Å². The molecule has 136 valence electrons. The van der Waals surface area contributed by atoms with Gasteiger partial charge in [0.15, 0.2) is 0 Å². The van der Waals surface area contributed by atoms with Gasteiger partial charge in [0.2, 0.25) is 5.91 Å². The quantitative estimate of drug-likeness (QED) is 0.647. The van der Waals surface area contributed by atoms with Crippen LogP contribution >= 0.6 is 11.3 Å². The molecule has 0 aliphatic rings. The van der Waals surface area contributed by atoms with Crippen molar-refractivity contribution in [2.24, 2.45) is 0 Å². The van der Waals surface area contributed by atoms with Crippen LogP contribution in [0.1, 0.15) is 28.6 Å². The van der Waals surface area contributed by atoms with Crippen molar-refractivity contribution in [2.45, 2.75) is 25.8 Å². The Kier molecular flexibility index (Phi) is 5.37. The van der Waals surface area contributed by atoms with E-state index in [1.54, 1.807) is 6.07 Å². The number of methoxy groups -OCH3 is 1. The Morgan fingerprint density at radius 2 is 2.15 bits per heavy atom. The minimum Gasteiger partial charge on any atom is -0.469 e. The number of nitrogens with one attached hydrogen (secondary N) is 2. The van der Waals surface area contributed by atoms with Gasteiger partial charge < -0.3 is 15.0 Å². The summed E-state index contributed by atoms with van der Waals surface area (Å²) in [6.07, 6.45) is 0.155. The lowest BCUT2D eigenvalue weighted by molar-refractivity contribution is -0.141. The monoisotopic (exact) mass is 374 g/mol. The molecule has 1 atom stereocenters. The largest absolute Gasteiger partial charge is 0.469 e. The first-order valence-corrected chi connectivity index (χ1v) is 9.02. The van der Waals surface area contributed by atoms with Gasteiger partial charge >= 0.3 is 5.97 Å². The number of carbonyl (C=O) groups is 2. The molecule has 26 heavy (non-hydrogen) atoms. The van der Waals surface area contributed by atoms with Gasteiger partial charge in [-0.05, 0) is 42.1 Å². The molecule has 0 aliphatic carbocycles. The van der Waals surface area contributed by atoms with Crippen molar-refractivity contribution in [2.75, 3.05) is 7.11 Å². The summed E-state index contributed by atoms with van der Waals surface area (Å²) >= 11 is 1.46. The zero-order valence-electron chi connectivity index (χ0n) is 14.5. The van der Waals surface area contributed by atoms with Gasteiger partial charge in [-0.3, -0.25) is 9.59 Å². The Bertz CT molecular complexity index is 934. The van der Waals surface area contributed by atoms with E-state index >= 15 is 0 Å². The highest BCUT2D eigenvalue weighted by atomic mass is 32.1. The molecule has 0 spiro atoms. The Balaban J connectivity index is 1.79. The minimum absolute atomic E-state index is 0.0598. The van der Waals surface area contributed by atoms with Crippen molar-refractivity contribution < 1.29 is 18.7 Å². The summed E-state index contributed by atoms with van der Waals surface area (Å²) in [4.78, 5) is 28.3. The molecule has 0 bridgehead atoms. The molecule has 3 rings (SSSR count). The number of halogens is 1. The SMILES string of the molecule is COC(=O)CC(NC(=O)Cc1c(C)[nH]c2ccc(F)cc12)c1cccs1. The van der Waals surface area contributed by atoms with Crippen molar-refractivity contribution in [1.82, 2.24) is 10.3 Å². The van der Waals surface area contributed by atoms with Gasteiger partial charge in [0.25, 0.3) is 0 Å². The summed E-state index contributed by atoms with van der Waals surface area (Å²) in [5.74, 6) is -0.977. The highest BCUT2D eigenvalue weighted by Crippen LogP contribution is 2.25. The number of aromatic amines is 1. The predicted molar refractivity (Wildman–Crippen MR) is 98.5 cm³/mol. The van der Waals surface area contributed by atoms with E-state index in [2.05, 4.69) is 10.3 Å². The topological polar surface area (TPSA) is 71.2 Å². The summed E-state index contributed by atoms with van der Waals surface area (Å²) in [7, 11) is 1.32. The van der Waals surface area contributed by atoms with E-state index in [0.29, 0.717) is 5.39 Å². The Morgan fingerprint density at radius 3 is 2.85 bits per heavy atom. The summed E-state index contributed by atoms with van der Waals surface area (Å²) in [5, 5.41) is 5.47. The second kappa shape index (κ2) is 7.70. The molecule has 0 radical (unpaired) electrons. The number of rotatable bonds is 6. The highest BCUT2D eigenvalue weighted by molar-refractivity contribution is 7.10. The van der Waals surface area contributed by atoms with Crippen molar-refractivity contribution >= 4 is 34.1 Å². The fourth-order valence-corrected chi connectivity index (χ4v) is 3.73. The molecule has 0 fully saturated rings. The van der Waals surface area contributed by atoms with E-state index in [1.165, 1.54) is 30.6 Å². The zero-order valence-corrected chi connectivity index (χ0v) is 15.3. The fourth-order valence-electron chi connectivity index (χ4n) is 2.95. The number of benzene rings is 1. The lowest BCUT2D eigenvalue weighted by atomic mass is 10.1. The number of hydrogen-bond donors (Lipinski definition) is 2. The third-order valence-corrected chi connectivity index (χ3v) is 5.23. The summed E-state index contributed by atoms with van der Waals surface area (Å²) in [5.41, 5.74) is 2.36. The number of aryl methyl sites for hydroxylation is 1. The van der Waals surface area contributed by atoms with Crippen LogP contribution in [0.5, 0.6) is 0 Å². The maximum atomic E-state index is 13.6. The van der Waals surface area contributed by atoms with Crippen molar-refractivity contribution in [3.8, 4) is 0 Å². The molecule has 1 amide bonds. The Morgan fingerprint density at radius 1 is 1.35 bits per heavy atom. The van der Waals surface area contributed by atoms with Gasteiger partial charge in [0, 0.05) is 21.5 Å². The molecule has 3 aromatic rings. The van der Waals surface area contributed by atoms with Crippen molar-refractivity contribution in [3.63, 3.8) is 0 Å².